The Hall–Kier alpha value is -2.27. The summed E-state index contributed by atoms with van der Waals surface area (Å²) in [6.45, 7) is 3.57. The molecular weight excluding hydrogens is 484 g/mol. The van der Waals surface area contributed by atoms with E-state index < -0.39 is 10.0 Å². The number of halogens is 1. The number of amides is 1. The average molecular weight is 509 g/mol. The summed E-state index contributed by atoms with van der Waals surface area (Å²) in [6.07, 6.45) is 0. The van der Waals surface area contributed by atoms with Crippen LogP contribution in [0.2, 0.25) is 0 Å². The van der Waals surface area contributed by atoms with E-state index in [1.807, 2.05) is 29.2 Å². The lowest BCUT2D eigenvalue weighted by Crippen LogP contribution is -2.50. The third-order valence-electron chi connectivity index (χ3n) is 4.99. The van der Waals surface area contributed by atoms with Crippen LogP contribution in [0.5, 0.6) is 5.75 Å². The minimum atomic E-state index is -3.54. The van der Waals surface area contributed by atoms with Crippen molar-refractivity contribution in [3.05, 3.63) is 58.6 Å². The highest BCUT2D eigenvalue weighted by molar-refractivity contribution is 9.10. The first kappa shape index (κ1) is 23.4. The zero-order chi connectivity index (χ0) is 22.4. The molecule has 0 bridgehead atoms. The number of sulfonamides is 1. The van der Waals surface area contributed by atoms with Crippen LogP contribution >= 0.6 is 15.9 Å². The van der Waals surface area contributed by atoms with Gasteiger partial charge in [0.2, 0.25) is 10.0 Å². The van der Waals surface area contributed by atoms with Gasteiger partial charge in [0.1, 0.15) is 5.75 Å². The van der Waals surface area contributed by atoms with E-state index in [4.69, 9.17) is 4.74 Å². The maximum absolute atomic E-state index is 12.8. The fourth-order valence-corrected chi connectivity index (χ4v) is 4.87. The normalized spacial score (nSPS) is 16.2. The fraction of sp³-hybridized carbons (Fsp3) is 0.333. The van der Waals surface area contributed by atoms with Crippen molar-refractivity contribution < 1.29 is 17.9 Å². The molecule has 0 aliphatic carbocycles. The number of rotatable bonds is 7. The minimum absolute atomic E-state index is 0.154. The molecule has 3 rings (SSSR count). The Morgan fingerprint density at radius 1 is 1.13 bits per heavy atom. The monoisotopic (exact) mass is 508 g/mol. The number of nitrogens with one attached hydrogen (secondary N) is 1. The molecule has 0 unspecified atom stereocenters. The summed E-state index contributed by atoms with van der Waals surface area (Å²) >= 11 is 3.31. The number of nitrogens with zero attached hydrogens (tertiary/aromatic N) is 3. The van der Waals surface area contributed by atoms with Crippen LogP contribution in [0.15, 0.2) is 63.0 Å². The number of hydrogen-bond donors (Lipinski definition) is 1. The number of methoxy groups -OCH3 is 1. The quantitative estimate of drug-likeness (QED) is 0.457. The molecule has 2 aromatic rings. The van der Waals surface area contributed by atoms with Crippen molar-refractivity contribution in [3.63, 3.8) is 0 Å². The van der Waals surface area contributed by atoms with Gasteiger partial charge in [0.05, 0.1) is 24.3 Å². The first-order chi connectivity index (χ1) is 14.8. The maximum atomic E-state index is 12.8. The van der Waals surface area contributed by atoms with Crippen LogP contribution in [0, 0.1) is 0 Å². The molecule has 1 saturated heterocycles. The van der Waals surface area contributed by atoms with Crippen LogP contribution in [-0.2, 0) is 14.8 Å². The summed E-state index contributed by atoms with van der Waals surface area (Å²) in [7, 11) is -1.94. The van der Waals surface area contributed by atoms with Gasteiger partial charge >= 0.3 is 0 Å². The summed E-state index contributed by atoms with van der Waals surface area (Å²) in [6, 6.07) is 14.0. The SMILES string of the molecule is COc1cccc(/C(C)=N\NC(=O)CN2CCN(S(=O)(=O)c3ccc(Br)cc3)CC2)c1. The highest BCUT2D eigenvalue weighted by Crippen LogP contribution is 2.20. The Bertz CT molecular complexity index is 1050. The van der Waals surface area contributed by atoms with E-state index in [9.17, 15) is 13.2 Å². The van der Waals surface area contributed by atoms with E-state index >= 15 is 0 Å². The molecule has 1 amide bonds. The molecule has 0 aromatic heterocycles. The van der Waals surface area contributed by atoms with Crippen molar-refractivity contribution in [1.29, 1.82) is 0 Å². The Morgan fingerprint density at radius 3 is 2.45 bits per heavy atom. The summed E-state index contributed by atoms with van der Waals surface area (Å²) in [5.74, 6) is 0.473. The van der Waals surface area contributed by atoms with E-state index in [-0.39, 0.29) is 17.3 Å². The molecule has 166 valence electrons. The largest absolute Gasteiger partial charge is 0.497 e. The number of piperazine rings is 1. The van der Waals surface area contributed by atoms with Crippen molar-refractivity contribution in [2.75, 3.05) is 39.8 Å². The van der Waals surface area contributed by atoms with Crippen LogP contribution in [0.25, 0.3) is 0 Å². The molecule has 0 radical (unpaired) electrons. The molecular formula is C21H25BrN4O4S. The van der Waals surface area contributed by atoms with Gasteiger partial charge in [-0.15, -0.1) is 0 Å². The minimum Gasteiger partial charge on any atom is -0.497 e. The van der Waals surface area contributed by atoms with E-state index in [0.29, 0.717) is 37.6 Å². The molecule has 0 atom stereocenters. The Kier molecular flexibility index (Phi) is 7.82. The molecule has 1 fully saturated rings. The first-order valence-corrected chi connectivity index (χ1v) is 12.0. The zero-order valence-electron chi connectivity index (χ0n) is 17.4. The third-order valence-corrected chi connectivity index (χ3v) is 7.43. The summed E-state index contributed by atoms with van der Waals surface area (Å²) in [5.41, 5.74) is 4.09. The van der Waals surface area contributed by atoms with Crippen molar-refractivity contribution >= 4 is 37.6 Å². The fourth-order valence-electron chi connectivity index (χ4n) is 3.18. The molecule has 0 saturated carbocycles. The van der Waals surface area contributed by atoms with Gasteiger partial charge in [0.15, 0.2) is 0 Å². The van der Waals surface area contributed by atoms with Gasteiger partial charge in [-0.2, -0.15) is 9.41 Å². The lowest BCUT2D eigenvalue weighted by atomic mass is 10.1. The molecule has 8 nitrogen and oxygen atoms in total. The van der Waals surface area contributed by atoms with Gasteiger partial charge in [-0.05, 0) is 43.3 Å². The number of benzene rings is 2. The number of ether oxygens (including phenoxy) is 1. The predicted octanol–water partition coefficient (Wildman–Crippen LogP) is 2.30. The smallest absolute Gasteiger partial charge is 0.254 e. The van der Waals surface area contributed by atoms with Gasteiger partial charge in [-0.1, -0.05) is 28.1 Å². The van der Waals surface area contributed by atoms with Gasteiger partial charge < -0.3 is 4.74 Å². The van der Waals surface area contributed by atoms with Gasteiger partial charge in [-0.3, -0.25) is 9.69 Å². The van der Waals surface area contributed by atoms with Gasteiger partial charge in [-0.25, -0.2) is 13.8 Å². The lowest BCUT2D eigenvalue weighted by molar-refractivity contribution is -0.122. The Labute approximate surface area is 191 Å². The number of carbonyl (C=O) groups is 1. The van der Waals surface area contributed by atoms with E-state index in [1.165, 1.54) is 4.31 Å². The number of hydrazone groups is 1. The molecule has 31 heavy (non-hydrogen) atoms. The van der Waals surface area contributed by atoms with E-state index in [2.05, 4.69) is 26.5 Å². The topological polar surface area (TPSA) is 91.3 Å². The standard InChI is InChI=1S/C21H25BrN4O4S/c1-16(17-4-3-5-19(14-17)30-2)23-24-21(27)15-25-10-12-26(13-11-25)31(28,29)20-8-6-18(22)7-9-20/h3-9,14H,10-13,15H2,1-2H3,(H,24,27)/b23-16-. The van der Waals surface area contributed by atoms with Crippen LogP contribution in [-0.4, -0.2) is 69.1 Å². The zero-order valence-corrected chi connectivity index (χ0v) is 19.8. The third kappa shape index (κ3) is 6.13. The molecule has 2 aromatic carbocycles. The van der Waals surface area contributed by atoms with Crippen molar-refractivity contribution in [2.45, 2.75) is 11.8 Å². The molecule has 1 heterocycles. The molecule has 1 aliphatic heterocycles. The Morgan fingerprint density at radius 2 is 1.81 bits per heavy atom. The van der Waals surface area contributed by atoms with Gasteiger partial charge in [0, 0.05) is 36.2 Å². The second-order valence-corrected chi connectivity index (χ2v) is 9.95. The lowest BCUT2D eigenvalue weighted by Gasteiger charge is -2.33. The van der Waals surface area contributed by atoms with Crippen LogP contribution < -0.4 is 10.2 Å². The second-order valence-electron chi connectivity index (χ2n) is 7.10. The molecule has 0 spiro atoms. The maximum Gasteiger partial charge on any atom is 0.254 e. The molecule has 10 heteroatoms. The number of hydrogen-bond acceptors (Lipinski definition) is 6. The predicted molar refractivity (Wildman–Crippen MR) is 123 cm³/mol. The number of carbonyl (C=O) groups excluding carboxylic acids is 1. The van der Waals surface area contributed by atoms with Crippen molar-refractivity contribution in [3.8, 4) is 5.75 Å². The molecule has 1 aliphatic rings. The van der Waals surface area contributed by atoms with Gasteiger partial charge in [0.25, 0.3) is 5.91 Å². The summed E-state index contributed by atoms with van der Waals surface area (Å²) < 4.78 is 33.0. The van der Waals surface area contributed by atoms with Crippen LogP contribution in [0.4, 0.5) is 0 Å². The van der Waals surface area contributed by atoms with Crippen LogP contribution in [0.1, 0.15) is 12.5 Å². The Balaban J connectivity index is 1.51. The van der Waals surface area contributed by atoms with E-state index in [1.54, 1.807) is 38.3 Å². The van der Waals surface area contributed by atoms with Crippen molar-refractivity contribution in [2.24, 2.45) is 5.10 Å². The van der Waals surface area contributed by atoms with Crippen LogP contribution in [0.3, 0.4) is 0 Å². The molecule has 1 N–H and O–H groups in total. The highest BCUT2D eigenvalue weighted by Gasteiger charge is 2.29. The summed E-state index contributed by atoms with van der Waals surface area (Å²) in [4.78, 5) is 14.5. The second kappa shape index (κ2) is 10.4. The summed E-state index contributed by atoms with van der Waals surface area (Å²) in [5, 5.41) is 4.16. The van der Waals surface area contributed by atoms with E-state index in [0.717, 1.165) is 10.0 Å². The first-order valence-electron chi connectivity index (χ1n) is 9.75. The highest BCUT2D eigenvalue weighted by atomic mass is 79.9. The average Bonchev–Trinajstić information content (AvgIpc) is 2.78. The van der Waals surface area contributed by atoms with Crippen molar-refractivity contribution in [1.82, 2.24) is 14.6 Å².